The molecule has 1 aromatic carbocycles. The summed E-state index contributed by atoms with van der Waals surface area (Å²) in [6, 6.07) is 9.99. The summed E-state index contributed by atoms with van der Waals surface area (Å²) < 4.78 is 12.0. The van der Waals surface area contributed by atoms with Gasteiger partial charge in [-0.05, 0) is 61.6 Å². The summed E-state index contributed by atoms with van der Waals surface area (Å²) in [5, 5.41) is 6.22. The van der Waals surface area contributed by atoms with E-state index >= 15 is 0 Å². The number of nitrogens with zero attached hydrogens (tertiary/aromatic N) is 2. The number of ether oxygens (including phenoxy) is 2. The van der Waals surface area contributed by atoms with Gasteiger partial charge in [0.15, 0.2) is 0 Å². The van der Waals surface area contributed by atoms with Crippen LogP contribution in [0.4, 0.5) is 5.69 Å². The predicted molar refractivity (Wildman–Crippen MR) is 148 cm³/mol. The van der Waals surface area contributed by atoms with Crippen LogP contribution < -0.4 is 15.4 Å². The lowest BCUT2D eigenvalue weighted by Gasteiger charge is -2.36. The molecule has 6 rings (SSSR count). The van der Waals surface area contributed by atoms with Gasteiger partial charge in [-0.25, -0.2) is 0 Å². The Hall–Kier alpha value is -3.72. The third-order valence-corrected chi connectivity index (χ3v) is 8.87. The first-order valence-electron chi connectivity index (χ1n) is 14.3. The number of likely N-dealkylation sites (tertiary alicyclic amines) is 1. The normalized spacial score (nSPS) is 32.1. The summed E-state index contributed by atoms with van der Waals surface area (Å²) >= 11 is 0. The number of nitrogens with one attached hydrogen (secondary N) is 2. The molecule has 1 spiro atoms. The number of benzene rings is 1. The highest BCUT2D eigenvalue weighted by atomic mass is 16.5. The van der Waals surface area contributed by atoms with Crippen LogP contribution in [0.3, 0.4) is 0 Å². The maximum absolute atomic E-state index is 14.1. The van der Waals surface area contributed by atoms with E-state index in [0.29, 0.717) is 24.0 Å². The van der Waals surface area contributed by atoms with Crippen molar-refractivity contribution in [2.24, 2.45) is 17.8 Å². The fraction of sp³-hybridized carbons (Fsp3) is 0.484. The molecule has 4 heterocycles. The Morgan fingerprint density at radius 1 is 1.15 bits per heavy atom. The molecule has 0 unspecified atom stereocenters. The number of hydrogen-bond donors (Lipinski definition) is 2. The second-order valence-electron chi connectivity index (χ2n) is 11.4. The van der Waals surface area contributed by atoms with Gasteiger partial charge in [0.1, 0.15) is 17.4 Å². The Balaban J connectivity index is 1.29. The molecule has 210 valence electrons. The molecule has 4 aliphatic rings. The number of hydrogen-bond acceptors (Lipinski definition) is 6. The van der Waals surface area contributed by atoms with E-state index in [9.17, 15) is 14.4 Å². The summed E-state index contributed by atoms with van der Waals surface area (Å²) in [6.07, 6.45) is 10.7. The van der Waals surface area contributed by atoms with E-state index in [1.54, 1.807) is 41.6 Å². The largest absolute Gasteiger partial charge is 0.494 e. The highest BCUT2D eigenvalue weighted by Crippen LogP contribution is 2.55. The van der Waals surface area contributed by atoms with Crippen LogP contribution in [0.25, 0.3) is 0 Å². The van der Waals surface area contributed by atoms with Gasteiger partial charge in [-0.1, -0.05) is 38.0 Å². The molecule has 3 aliphatic heterocycles. The van der Waals surface area contributed by atoms with E-state index in [4.69, 9.17) is 9.47 Å². The standard InChI is InChI=1S/C31H36N4O5/c1-3-39-22-12-10-21(11-13-22)33-28(36)25-24-14-15-31(40-24)26(25)30(38)35(18-20-8-6-16-32-17-20)27(31)29(37)34-23-9-5-4-7-19(23)2/h6,8,10-17,19,23-27H,3-5,7,9,18H2,1-2H3,(H,33,36)(H,34,37)/t19-,23+,24+,25-,26+,27+,31+/m1/s1. The lowest BCUT2D eigenvalue weighted by atomic mass is 9.74. The summed E-state index contributed by atoms with van der Waals surface area (Å²) in [7, 11) is 0. The molecule has 0 radical (unpaired) electrons. The average Bonchev–Trinajstić information content (AvgIpc) is 3.59. The first-order valence-corrected chi connectivity index (χ1v) is 14.3. The molecule has 9 nitrogen and oxygen atoms in total. The first kappa shape index (κ1) is 26.5. The number of anilines is 1. The monoisotopic (exact) mass is 544 g/mol. The molecule has 7 atom stereocenters. The van der Waals surface area contributed by atoms with Crippen LogP contribution in [0.2, 0.25) is 0 Å². The number of aromatic nitrogens is 1. The van der Waals surface area contributed by atoms with Crippen LogP contribution in [-0.2, 0) is 25.7 Å². The second-order valence-corrected chi connectivity index (χ2v) is 11.4. The molecule has 1 aromatic heterocycles. The quantitative estimate of drug-likeness (QED) is 0.493. The lowest BCUT2D eigenvalue weighted by molar-refractivity contribution is -0.142. The van der Waals surface area contributed by atoms with Crippen molar-refractivity contribution in [2.75, 3.05) is 11.9 Å². The van der Waals surface area contributed by atoms with Crippen molar-refractivity contribution in [2.45, 2.75) is 69.9 Å². The highest BCUT2D eigenvalue weighted by molar-refractivity contribution is 6.02. The van der Waals surface area contributed by atoms with Crippen LogP contribution in [0.5, 0.6) is 5.75 Å². The Morgan fingerprint density at radius 3 is 2.67 bits per heavy atom. The van der Waals surface area contributed by atoms with Gasteiger partial charge in [0.05, 0.1) is 24.5 Å². The van der Waals surface area contributed by atoms with Crippen molar-refractivity contribution in [3.8, 4) is 5.75 Å². The summed E-state index contributed by atoms with van der Waals surface area (Å²) in [4.78, 5) is 47.6. The second kappa shape index (κ2) is 10.7. The molecule has 2 bridgehead atoms. The number of amides is 3. The van der Waals surface area contributed by atoms with Crippen molar-refractivity contribution >= 4 is 23.4 Å². The zero-order valence-corrected chi connectivity index (χ0v) is 22.9. The molecular weight excluding hydrogens is 508 g/mol. The molecule has 40 heavy (non-hydrogen) atoms. The SMILES string of the molecule is CCOc1ccc(NC(=O)[C@@H]2[C@@H]3C=C[C@]4(O3)[C@@H]2C(=O)N(Cc2cccnc2)[C@H]4C(=O)N[C@H]2CCCC[C@H]2C)cc1. The van der Waals surface area contributed by atoms with Crippen LogP contribution in [0.1, 0.15) is 45.1 Å². The van der Waals surface area contributed by atoms with E-state index in [2.05, 4.69) is 22.5 Å². The minimum Gasteiger partial charge on any atom is -0.494 e. The average molecular weight is 545 g/mol. The van der Waals surface area contributed by atoms with E-state index in [-0.39, 0.29) is 30.3 Å². The lowest BCUT2D eigenvalue weighted by Crippen LogP contribution is -2.57. The van der Waals surface area contributed by atoms with E-state index in [0.717, 1.165) is 31.2 Å². The highest BCUT2D eigenvalue weighted by Gasteiger charge is 2.72. The summed E-state index contributed by atoms with van der Waals surface area (Å²) in [5.74, 6) is -1.27. The van der Waals surface area contributed by atoms with Crippen LogP contribution >= 0.6 is 0 Å². The van der Waals surface area contributed by atoms with Crippen LogP contribution in [0, 0.1) is 17.8 Å². The fourth-order valence-corrected chi connectivity index (χ4v) is 6.95. The topological polar surface area (TPSA) is 110 Å². The summed E-state index contributed by atoms with van der Waals surface area (Å²) in [6.45, 7) is 4.83. The molecule has 2 aromatic rings. The zero-order valence-electron chi connectivity index (χ0n) is 22.9. The number of carbonyl (C=O) groups excluding carboxylic acids is 3. The minimum absolute atomic E-state index is 0.0494. The third kappa shape index (κ3) is 4.56. The van der Waals surface area contributed by atoms with Crippen LogP contribution in [0.15, 0.2) is 60.9 Å². The van der Waals surface area contributed by atoms with Crippen molar-refractivity contribution in [3.05, 3.63) is 66.5 Å². The molecular formula is C31H36N4O5. The van der Waals surface area contributed by atoms with E-state index in [1.807, 2.05) is 31.2 Å². The Kier molecular flexibility index (Phi) is 7.08. The number of pyridine rings is 1. The third-order valence-electron chi connectivity index (χ3n) is 8.87. The van der Waals surface area contributed by atoms with Gasteiger partial charge in [-0.3, -0.25) is 19.4 Å². The molecule has 9 heteroatoms. The number of carbonyl (C=O) groups is 3. The Morgan fingerprint density at radius 2 is 1.95 bits per heavy atom. The summed E-state index contributed by atoms with van der Waals surface area (Å²) in [5.41, 5.74) is 0.213. The van der Waals surface area contributed by atoms with Crippen molar-refractivity contribution < 1.29 is 23.9 Å². The van der Waals surface area contributed by atoms with Gasteiger partial charge < -0.3 is 25.0 Å². The maximum Gasteiger partial charge on any atom is 0.246 e. The maximum atomic E-state index is 14.1. The van der Waals surface area contributed by atoms with E-state index < -0.39 is 29.6 Å². The molecule has 3 amide bonds. The van der Waals surface area contributed by atoms with Gasteiger partial charge in [-0.15, -0.1) is 0 Å². The van der Waals surface area contributed by atoms with E-state index in [1.165, 1.54) is 0 Å². The number of rotatable bonds is 8. The van der Waals surface area contributed by atoms with Gasteiger partial charge in [0.25, 0.3) is 0 Å². The molecule has 2 saturated heterocycles. The van der Waals surface area contributed by atoms with Crippen LogP contribution in [-0.4, -0.2) is 58.0 Å². The smallest absolute Gasteiger partial charge is 0.246 e. The van der Waals surface area contributed by atoms with Crippen molar-refractivity contribution in [1.29, 1.82) is 0 Å². The number of fused-ring (bicyclic) bond motifs is 1. The minimum atomic E-state index is -1.20. The van der Waals surface area contributed by atoms with Gasteiger partial charge in [0.2, 0.25) is 17.7 Å². The van der Waals surface area contributed by atoms with Crippen molar-refractivity contribution in [3.63, 3.8) is 0 Å². The molecule has 2 N–H and O–H groups in total. The van der Waals surface area contributed by atoms with Gasteiger partial charge in [-0.2, -0.15) is 0 Å². The zero-order chi connectivity index (χ0) is 27.9. The molecule has 1 aliphatic carbocycles. The fourth-order valence-electron chi connectivity index (χ4n) is 6.95. The first-order chi connectivity index (χ1) is 19.4. The molecule has 3 fully saturated rings. The van der Waals surface area contributed by atoms with Gasteiger partial charge in [0, 0.05) is 30.7 Å². The predicted octanol–water partition coefficient (Wildman–Crippen LogP) is 3.46. The van der Waals surface area contributed by atoms with Crippen molar-refractivity contribution in [1.82, 2.24) is 15.2 Å². The Bertz CT molecular complexity index is 1300. The Labute approximate surface area is 234 Å². The molecule has 1 saturated carbocycles. The van der Waals surface area contributed by atoms with Gasteiger partial charge >= 0.3 is 0 Å².